The lowest BCUT2D eigenvalue weighted by atomic mass is 10.2. The fraction of sp³-hybridized carbons (Fsp3) is 0.389. The van der Waals surface area contributed by atoms with Gasteiger partial charge in [0.2, 0.25) is 0 Å². The summed E-state index contributed by atoms with van der Waals surface area (Å²) in [5.74, 6) is 0.182. The number of benzene rings is 1. The third-order valence-electron chi connectivity index (χ3n) is 4.48. The van der Waals surface area contributed by atoms with Crippen LogP contribution in [-0.2, 0) is 6.18 Å². The number of rotatable bonds is 4. The number of piperazine rings is 1. The summed E-state index contributed by atoms with van der Waals surface area (Å²) < 4.78 is 37.7. The third kappa shape index (κ3) is 4.73. The number of hydrogen-bond donors (Lipinski definition) is 1. The van der Waals surface area contributed by atoms with Crippen molar-refractivity contribution in [3.63, 3.8) is 0 Å². The van der Waals surface area contributed by atoms with Crippen LogP contribution in [0.5, 0.6) is 0 Å². The topological polar surface area (TPSA) is 61.4 Å². The number of likely N-dealkylation sites (N-methyl/N-ethyl adjacent to an activating group) is 1. The first-order valence-corrected chi connectivity index (χ1v) is 8.65. The standard InChI is InChI=1S/C18H20F3N5O/c1-2-25-7-9-26(10-8-25)16-12-22-15(11-23-16)17(27)24-14-5-3-13(4-6-14)18(19,20)21/h3-6,11-12H,2,7-10H2,1H3,(H,24,27). The van der Waals surface area contributed by atoms with E-state index in [-0.39, 0.29) is 11.4 Å². The molecule has 144 valence electrons. The molecule has 1 aromatic heterocycles. The van der Waals surface area contributed by atoms with E-state index < -0.39 is 17.6 Å². The van der Waals surface area contributed by atoms with Gasteiger partial charge in [-0.1, -0.05) is 6.92 Å². The van der Waals surface area contributed by atoms with Crippen molar-refractivity contribution in [3.05, 3.63) is 47.9 Å². The molecule has 1 aliphatic rings. The van der Waals surface area contributed by atoms with E-state index in [9.17, 15) is 18.0 Å². The summed E-state index contributed by atoms with van der Waals surface area (Å²) >= 11 is 0. The third-order valence-corrected chi connectivity index (χ3v) is 4.48. The van der Waals surface area contributed by atoms with E-state index in [2.05, 4.69) is 32.0 Å². The summed E-state index contributed by atoms with van der Waals surface area (Å²) in [6.45, 7) is 6.74. The number of amides is 1. The molecule has 1 aliphatic heterocycles. The highest BCUT2D eigenvalue weighted by Gasteiger charge is 2.30. The smallest absolute Gasteiger partial charge is 0.353 e. The second-order valence-corrected chi connectivity index (χ2v) is 6.21. The summed E-state index contributed by atoms with van der Waals surface area (Å²) in [4.78, 5) is 25.1. The number of alkyl halides is 3. The van der Waals surface area contributed by atoms with Gasteiger partial charge < -0.3 is 15.1 Å². The van der Waals surface area contributed by atoms with Crippen LogP contribution in [0.2, 0.25) is 0 Å². The maximum atomic E-state index is 12.6. The largest absolute Gasteiger partial charge is 0.416 e. The Hall–Kier alpha value is -2.68. The van der Waals surface area contributed by atoms with Crippen molar-refractivity contribution in [1.29, 1.82) is 0 Å². The molecule has 0 saturated carbocycles. The Kier molecular flexibility index (Phi) is 5.59. The molecule has 6 nitrogen and oxygen atoms in total. The molecule has 1 N–H and O–H groups in total. The van der Waals surface area contributed by atoms with Crippen molar-refractivity contribution in [2.24, 2.45) is 0 Å². The molecule has 1 amide bonds. The second-order valence-electron chi connectivity index (χ2n) is 6.21. The molecule has 0 bridgehead atoms. The summed E-state index contributed by atoms with van der Waals surface area (Å²) in [5, 5.41) is 2.52. The lowest BCUT2D eigenvalue weighted by Gasteiger charge is -2.34. The lowest BCUT2D eigenvalue weighted by molar-refractivity contribution is -0.137. The molecule has 1 aromatic carbocycles. The zero-order chi connectivity index (χ0) is 19.4. The van der Waals surface area contributed by atoms with Crippen molar-refractivity contribution in [3.8, 4) is 0 Å². The van der Waals surface area contributed by atoms with Crippen LogP contribution in [0.1, 0.15) is 23.0 Å². The van der Waals surface area contributed by atoms with Crippen molar-refractivity contribution >= 4 is 17.4 Å². The van der Waals surface area contributed by atoms with Crippen molar-refractivity contribution in [1.82, 2.24) is 14.9 Å². The number of hydrogen-bond acceptors (Lipinski definition) is 5. The van der Waals surface area contributed by atoms with Crippen LogP contribution < -0.4 is 10.2 Å². The van der Waals surface area contributed by atoms with Crippen LogP contribution >= 0.6 is 0 Å². The van der Waals surface area contributed by atoms with Gasteiger partial charge in [-0.2, -0.15) is 13.2 Å². The number of anilines is 2. The van der Waals surface area contributed by atoms with E-state index in [1.807, 2.05) is 0 Å². The number of carbonyl (C=O) groups is 1. The van der Waals surface area contributed by atoms with E-state index in [0.717, 1.165) is 44.9 Å². The normalized spacial score (nSPS) is 15.6. The highest BCUT2D eigenvalue weighted by atomic mass is 19.4. The Labute approximate surface area is 155 Å². The van der Waals surface area contributed by atoms with E-state index in [1.54, 1.807) is 6.20 Å². The van der Waals surface area contributed by atoms with Gasteiger partial charge in [-0.3, -0.25) is 4.79 Å². The number of halogens is 3. The van der Waals surface area contributed by atoms with Crippen LogP contribution in [0, 0.1) is 0 Å². The molecule has 1 saturated heterocycles. The highest BCUT2D eigenvalue weighted by molar-refractivity contribution is 6.02. The van der Waals surface area contributed by atoms with E-state index in [1.165, 1.54) is 18.3 Å². The molecule has 1 fully saturated rings. The first kappa shape index (κ1) is 19.1. The monoisotopic (exact) mass is 379 g/mol. The van der Waals surface area contributed by atoms with Gasteiger partial charge in [0, 0.05) is 31.9 Å². The van der Waals surface area contributed by atoms with Gasteiger partial charge in [-0.25, -0.2) is 9.97 Å². The average molecular weight is 379 g/mol. The van der Waals surface area contributed by atoms with Crippen LogP contribution in [-0.4, -0.2) is 53.5 Å². The predicted octanol–water partition coefficient (Wildman–Crippen LogP) is 2.89. The Morgan fingerprint density at radius 3 is 2.26 bits per heavy atom. The van der Waals surface area contributed by atoms with Gasteiger partial charge in [0.15, 0.2) is 0 Å². The minimum absolute atomic E-state index is 0.103. The Bertz CT molecular complexity index is 769. The lowest BCUT2D eigenvalue weighted by Crippen LogP contribution is -2.46. The fourth-order valence-electron chi connectivity index (χ4n) is 2.83. The number of nitrogens with zero attached hydrogens (tertiary/aromatic N) is 4. The second kappa shape index (κ2) is 7.91. The Balaban J connectivity index is 1.61. The van der Waals surface area contributed by atoms with Gasteiger partial charge in [-0.05, 0) is 30.8 Å². The first-order chi connectivity index (χ1) is 12.9. The van der Waals surface area contributed by atoms with Gasteiger partial charge in [0.05, 0.1) is 18.0 Å². The minimum Gasteiger partial charge on any atom is -0.353 e. The van der Waals surface area contributed by atoms with Crippen LogP contribution in [0.15, 0.2) is 36.7 Å². The van der Waals surface area contributed by atoms with E-state index in [0.29, 0.717) is 5.82 Å². The summed E-state index contributed by atoms with van der Waals surface area (Å²) in [5.41, 5.74) is -0.409. The summed E-state index contributed by atoms with van der Waals surface area (Å²) in [7, 11) is 0. The summed E-state index contributed by atoms with van der Waals surface area (Å²) in [6.07, 6.45) is -1.49. The Morgan fingerprint density at radius 1 is 1.07 bits per heavy atom. The van der Waals surface area contributed by atoms with Crippen molar-refractivity contribution in [2.75, 3.05) is 42.9 Å². The van der Waals surface area contributed by atoms with Gasteiger partial charge in [0.25, 0.3) is 5.91 Å². The molecule has 27 heavy (non-hydrogen) atoms. The maximum Gasteiger partial charge on any atom is 0.416 e. The molecule has 3 rings (SSSR count). The van der Waals surface area contributed by atoms with E-state index >= 15 is 0 Å². The van der Waals surface area contributed by atoms with E-state index in [4.69, 9.17) is 0 Å². The molecule has 0 radical (unpaired) electrons. The van der Waals surface area contributed by atoms with Crippen LogP contribution in [0.3, 0.4) is 0 Å². The Morgan fingerprint density at radius 2 is 1.74 bits per heavy atom. The minimum atomic E-state index is -4.41. The van der Waals surface area contributed by atoms with Gasteiger partial charge >= 0.3 is 6.18 Å². The quantitative estimate of drug-likeness (QED) is 0.885. The molecule has 0 aliphatic carbocycles. The highest BCUT2D eigenvalue weighted by Crippen LogP contribution is 2.29. The van der Waals surface area contributed by atoms with Crippen LogP contribution in [0.25, 0.3) is 0 Å². The van der Waals surface area contributed by atoms with Crippen LogP contribution in [0.4, 0.5) is 24.7 Å². The molecule has 2 aromatic rings. The number of aromatic nitrogens is 2. The van der Waals surface area contributed by atoms with Crippen molar-refractivity contribution < 1.29 is 18.0 Å². The molecule has 9 heteroatoms. The van der Waals surface area contributed by atoms with Gasteiger partial charge in [0.1, 0.15) is 11.5 Å². The first-order valence-electron chi connectivity index (χ1n) is 8.65. The SMILES string of the molecule is CCN1CCN(c2cnc(C(=O)Nc3ccc(C(F)(F)F)cc3)cn2)CC1. The molecular weight excluding hydrogens is 359 g/mol. The zero-order valence-electron chi connectivity index (χ0n) is 14.8. The predicted molar refractivity (Wildman–Crippen MR) is 95.8 cm³/mol. The summed E-state index contributed by atoms with van der Waals surface area (Å²) in [6, 6.07) is 4.24. The molecule has 2 heterocycles. The molecular formula is C18H20F3N5O. The number of nitrogens with one attached hydrogen (secondary N) is 1. The molecule has 0 unspecified atom stereocenters. The average Bonchev–Trinajstić information content (AvgIpc) is 2.68. The van der Waals surface area contributed by atoms with Crippen molar-refractivity contribution in [2.45, 2.75) is 13.1 Å². The van der Waals surface area contributed by atoms with Gasteiger partial charge in [-0.15, -0.1) is 0 Å². The maximum absolute atomic E-state index is 12.6. The molecule has 0 spiro atoms. The fourth-order valence-corrected chi connectivity index (χ4v) is 2.83. The zero-order valence-corrected chi connectivity index (χ0v) is 14.8. The number of carbonyl (C=O) groups excluding carboxylic acids is 1. The molecule has 0 atom stereocenters.